The second-order valence-corrected chi connectivity index (χ2v) is 31.0. The number of carbonyl (C=O) groups is 4. The highest BCUT2D eigenvalue weighted by atomic mass is 16.6. The lowest BCUT2D eigenvalue weighted by atomic mass is 10.0. The molecule has 34 nitrogen and oxygen atoms in total. The minimum Gasteiger partial charge on any atom is -0.494 e. The zero-order valence-electron chi connectivity index (χ0n) is 82.6. The SMILES string of the molecule is COCCOCCOCCOc1cc(C(=O)NCc2ccc(/C=C/c3cc(OCCCCCCOc4ccc(C=O)cc4)c(/C=C/c4ccc(CNC(=O)c5cc(OCCOCCOCCOC)c(OCCOCCOCCOC)c(OCCOCCOCCOC)c5)cc4)cc3OCCCCCCOc3ccc(C=O)cc3)cc2)cc(OCCOCCOCCOC)c1OCCOCCOCCOC. The van der Waals surface area contributed by atoms with E-state index in [1.54, 1.807) is 115 Å². The fourth-order valence-corrected chi connectivity index (χ4v) is 12.8. The van der Waals surface area contributed by atoms with Crippen molar-refractivity contribution in [3.05, 3.63) is 189 Å². The molecule has 0 saturated heterocycles. The molecule has 0 atom stereocenters. The van der Waals surface area contributed by atoms with Crippen LogP contribution >= 0.6 is 0 Å². The summed E-state index contributed by atoms with van der Waals surface area (Å²) in [4.78, 5) is 51.4. The molecular weight excluding hydrogens is 1810 g/mol. The summed E-state index contributed by atoms with van der Waals surface area (Å²) in [5, 5.41) is 6.19. The molecule has 2 N–H and O–H groups in total. The van der Waals surface area contributed by atoms with Crippen LogP contribution in [0.3, 0.4) is 0 Å². The third-order valence-electron chi connectivity index (χ3n) is 20.4. The molecule has 0 heterocycles. The summed E-state index contributed by atoms with van der Waals surface area (Å²) in [6, 6.07) is 40.5. The molecule has 7 rings (SSSR count). The fourth-order valence-electron chi connectivity index (χ4n) is 12.8. The normalized spacial score (nSPS) is 11.4. The van der Waals surface area contributed by atoms with Crippen molar-refractivity contribution in [3.8, 4) is 57.5 Å². The first kappa shape index (κ1) is 117. The molecule has 7 aromatic rings. The molecule has 34 heteroatoms. The molecule has 0 radical (unpaired) electrons. The van der Waals surface area contributed by atoms with E-state index in [-0.39, 0.29) is 138 Å². The molecule has 0 saturated carbocycles. The van der Waals surface area contributed by atoms with Gasteiger partial charge >= 0.3 is 0 Å². The van der Waals surface area contributed by atoms with Crippen molar-refractivity contribution in [3.63, 3.8) is 0 Å². The van der Waals surface area contributed by atoms with Crippen molar-refractivity contribution in [2.45, 2.75) is 64.5 Å². The highest BCUT2D eigenvalue weighted by molar-refractivity contribution is 5.96. The predicted molar refractivity (Wildman–Crippen MR) is 529 cm³/mol. The number of unbranched alkanes of at least 4 members (excludes halogenated alkanes) is 6. The molecule has 0 aromatic heterocycles. The standard InChI is InChI=1S/C106H148N2O32/c1-113-39-45-119-51-57-125-63-69-135-99-77-93(78-100(136-70-64-126-58-52-120-46-40-114-2)103(99)139-73-67-129-61-55-123-49-43-117-5)105(111)107-81-87-19-15-85(16-20-87)23-29-91-75-98(134-38-14-10-8-12-36-132-96-33-27-90(84-110)28-34-96)92(76-97(91)133-37-13-9-7-11-35-131-95-31-25-89(83-109)26-32-95)30-24-86-17-21-88(22-18-86)82-108-106(112)94-79-101(137-71-65-127-59-53-121-47-41-115-3)104(140-74-68-130-62-56-124-50-44-118-6)102(80-94)138-72-66-128-60-54-122-48-42-116-4/h15-34,75-80,83-84H,7-14,35-74,81-82H2,1-6H3,(H,107,111)(H,108,112)/b29-23+,30-24+. The first-order valence-electron chi connectivity index (χ1n) is 48.0. The monoisotopic (exact) mass is 1960 g/mol. The van der Waals surface area contributed by atoms with Crippen molar-refractivity contribution in [1.29, 1.82) is 0 Å². The van der Waals surface area contributed by atoms with Crippen LogP contribution in [0.15, 0.2) is 133 Å². The molecule has 0 aliphatic heterocycles. The number of hydrogen-bond acceptors (Lipinski definition) is 32. The number of aldehydes is 2. The molecule has 0 aliphatic rings. The number of hydrogen-bond donors (Lipinski definition) is 2. The molecular formula is C106H148N2O32. The number of methoxy groups -OCH3 is 6. The van der Waals surface area contributed by atoms with Crippen molar-refractivity contribution in [2.24, 2.45) is 0 Å². The largest absolute Gasteiger partial charge is 0.494 e. The van der Waals surface area contributed by atoms with Crippen molar-refractivity contribution >= 4 is 48.7 Å². The molecule has 0 bridgehead atoms. The van der Waals surface area contributed by atoms with Gasteiger partial charge in [0.15, 0.2) is 23.0 Å². The van der Waals surface area contributed by atoms with Gasteiger partial charge in [-0.2, -0.15) is 0 Å². The van der Waals surface area contributed by atoms with Gasteiger partial charge in [0, 0.05) is 89.1 Å². The summed E-state index contributed by atoms with van der Waals surface area (Å²) in [5.41, 5.74) is 6.68. The highest BCUT2D eigenvalue weighted by Crippen LogP contribution is 2.41. The van der Waals surface area contributed by atoms with Crippen LogP contribution in [-0.4, -0.2) is 331 Å². The predicted octanol–water partition coefficient (Wildman–Crippen LogP) is 13.9. The van der Waals surface area contributed by atoms with Gasteiger partial charge in [-0.05, 0) is 159 Å². The maximum Gasteiger partial charge on any atom is 0.251 e. The van der Waals surface area contributed by atoms with Crippen molar-refractivity contribution in [1.82, 2.24) is 10.6 Å². The summed E-state index contributed by atoms with van der Waals surface area (Å²) in [7, 11) is 9.68. The van der Waals surface area contributed by atoms with E-state index in [9.17, 15) is 19.2 Å². The molecule has 0 spiro atoms. The van der Waals surface area contributed by atoms with Gasteiger partial charge in [0.25, 0.3) is 11.8 Å². The topological polar surface area (TPSA) is 351 Å². The summed E-state index contributed by atoms with van der Waals surface area (Å²) in [6.07, 6.45) is 16.5. The number of benzene rings is 7. The van der Waals surface area contributed by atoms with E-state index in [1.165, 1.54) is 0 Å². The first-order valence-corrected chi connectivity index (χ1v) is 48.0. The third-order valence-corrected chi connectivity index (χ3v) is 20.4. The number of amides is 2. The van der Waals surface area contributed by atoms with E-state index in [1.807, 2.05) is 85.0 Å². The summed E-state index contributed by atoms with van der Waals surface area (Å²) in [6.45, 7) is 14.0. The number of ether oxygens (including phenoxy) is 28. The lowest BCUT2D eigenvalue weighted by Gasteiger charge is -2.19. The van der Waals surface area contributed by atoms with Gasteiger partial charge in [-0.25, -0.2) is 0 Å². The number of nitrogens with one attached hydrogen (secondary N) is 2. The Morgan fingerprint density at radius 2 is 0.443 bits per heavy atom. The average Bonchev–Trinajstić information content (AvgIpc) is 0.811. The smallest absolute Gasteiger partial charge is 0.251 e. The maximum atomic E-state index is 14.4. The van der Waals surface area contributed by atoms with Gasteiger partial charge in [-0.1, -0.05) is 72.8 Å². The average molecular weight is 1960 g/mol. The van der Waals surface area contributed by atoms with E-state index >= 15 is 0 Å². The molecule has 7 aromatic carbocycles. The van der Waals surface area contributed by atoms with Gasteiger partial charge in [0.1, 0.15) is 75.2 Å². The molecule has 2 amide bonds. The molecule has 0 fully saturated rings. The summed E-state index contributed by atoms with van der Waals surface area (Å²) < 4.78 is 162. The van der Waals surface area contributed by atoms with Crippen LogP contribution in [0.1, 0.15) is 126 Å². The van der Waals surface area contributed by atoms with Crippen LogP contribution in [0.2, 0.25) is 0 Å². The van der Waals surface area contributed by atoms with Crippen LogP contribution < -0.4 is 58.0 Å². The number of carbonyl (C=O) groups excluding carboxylic acids is 4. The first-order chi connectivity index (χ1) is 69.1. The molecule has 0 unspecified atom stereocenters. The van der Waals surface area contributed by atoms with Crippen LogP contribution in [-0.2, 0) is 98.4 Å². The lowest BCUT2D eigenvalue weighted by Crippen LogP contribution is -2.23. The number of rotatable bonds is 90. The Balaban J connectivity index is 1.13. The lowest BCUT2D eigenvalue weighted by molar-refractivity contribution is 0.0146. The van der Waals surface area contributed by atoms with Gasteiger partial charge in [-0.15, -0.1) is 0 Å². The van der Waals surface area contributed by atoms with E-state index in [0.717, 1.165) is 97.3 Å². The minimum absolute atomic E-state index is 0.112. The Morgan fingerprint density at radius 3 is 0.693 bits per heavy atom. The Kier molecular flexibility index (Phi) is 65.1. The van der Waals surface area contributed by atoms with Crippen LogP contribution in [0.25, 0.3) is 24.3 Å². The van der Waals surface area contributed by atoms with Crippen molar-refractivity contribution < 1.29 is 152 Å². The Morgan fingerprint density at radius 1 is 0.221 bits per heavy atom. The molecule has 0 aliphatic carbocycles. The second kappa shape index (κ2) is 78.2. The minimum atomic E-state index is -0.393. The Hall–Kier alpha value is -10.4. The van der Waals surface area contributed by atoms with Gasteiger partial charge in [0.2, 0.25) is 11.5 Å². The van der Waals surface area contributed by atoms with Gasteiger partial charge in [0.05, 0.1) is 225 Å². The van der Waals surface area contributed by atoms with Crippen LogP contribution in [0.5, 0.6) is 57.5 Å². The molecule has 774 valence electrons. The van der Waals surface area contributed by atoms with E-state index < -0.39 is 11.8 Å². The van der Waals surface area contributed by atoms with Crippen LogP contribution in [0, 0.1) is 0 Å². The van der Waals surface area contributed by atoms with Gasteiger partial charge in [-0.3, -0.25) is 19.2 Å². The summed E-state index contributed by atoms with van der Waals surface area (Å²) >= 11 is 0. The molecule has 140 heavy (non-hydrogen) atoms. The second-order valence-electron chi connectivity index (χ2n) is 31.0. The van der Waals surface area contributed by atoms with Crippen LogP contribution in [0.4, 0.5) is 0 Å². The fraction of sp³-hybridized carbons (Fsp3) is 0.528. The Bertz CT molecular complexity index is 4060. The zero-order valence-corrected chi connectivity index (χ0v) is 82.6. The van der Waals surface area contributed by atoms with E-state index in [0.29, 0.717) is 219 Å². The highest BCUT2D eigenvalue weighted by Gasteiger charge is 2.23. The quantitative estimate of drug-likeness (QED) is 0.0203. The van der Waals surface area contributed by atoms with E-state index in [2.05, 4.69) is 10.6 Å². The van der Waals surface area contributed by atoms with Crippen molar-refractivity contribution in [2.75, 3.05) is 307 Å². The zero-order chi connectivity index (χ0) is 99.1. The van der Waals surface area contributed by atoms with Gasteiger partial charge < -0.3 is 143 Å². The summed E-state index contributed by atoms with van der Waals surface area (Å²) in [5.74, 6) is 3.49. The van der Waals surface area contributed by atoms with E-state index in [4.69, 9.17) is 133 Å². The third kappa shape index (κ3) is 52.4. The Labute approximate surface area is 825 Å². The maximum absolute atomic E-state index is 14.4.